The first-order valence-electron chi connectivity index (χ1n) is 8.66. The summed E-state index contributed by atoms with van der Waals surface area (Å²) >= 11 is 12.0. The number of hydrogen-bond acceptors (Lipinski definition) is 6. The number of carbonyl (C=O) groups is 1. The molecule has 2 aromatic rings. The van der Waals surface area contributed by atoms with Crippen molar-refractivity contribution in [1.29, 1.82) is 0 Å². The van der Waals surface area contributed by atoms with Gasteiger partial charge in [0.2, 0.25) is 5.88 Å². The van der Waals surface area contributed by atoms with E-state index in [4.69, 9.17) is 41.7 Å². The fourth-order valence-corrected chi connectivity index (χ4v) is 4.09. The summed E-state index contributed by atoms with van der Waals surface area (Å²) < 4.78 is 35.0. The molecule has 0 fully saturated rings. The number of hydrogen-bond donors (Lipinski definition) is 0. The molecule has 0 saturated carbocycles. The van der Waals surface area contributed by atoms with E-state index in [0.717, 1.165) is 0 Å². The van der Waals surface area contributed by atoms with Gasteiger partial charge in [0.25, 0.3) is 0 Å². The van der Waals surface area contributed by atoms with E-state index < -0.39 is 24.2 Å². The van der Waals surface area contributed by atoms with Gasteiger partial charge in [-0.1, -0.05) is 59.6 Å². The minimum Gasteiger partial charge on any atom is -0.438 e. The second kappa shape index (κ2) is 11.2. The molecule has 7 nitrogen and oxygen atoms in total. The molecule has 0 saturated heterocycles. The molecule has 0 unspecified atom stereocenters. The monoisotopic (exact) mass is 459 g/mol. The van der Waals surface area contributed by atoms with Crippen LogP contribution in [0.25, 0.3) is 0 Å². The molecule has 0 heterocycles. The lowest BCUT2D eigenvalue weighted by Crippen LogP contribution is -2.34. The number of halogens is 2. The van der Waals surface area contributed by atoms with Gasteiger partial charge in [-0.25, -0.2) is 9.36 Å². The summed E-state index contributed by atoms with van der Waals surface area (Å²) in [5.74, 6) is 0.0378. The molecule has 2 rings (SSSR count). The van der Waals surface area contributed by atoms with Crippen LogP contribution in [-0.4, -0.2) is 24.0 Å². The third-order valence-electron chi connectivity index (χ3n) is 3.26. The van der Waals surface area contributed by atoms with Crippen LogP contribution in [0.2, 0.25) is 0 Å². The summed E-state index contributed by atoms with van der Waals surface area (Å²) in [7, 11) is -4.26. The Hall–Kier alpha value is -2.02. The van der Waals surface area contributed by atoms with Crippen molar-refractivity contribution in [2.24, 2.45) is 0 Å². The smallest absolute Gasteiger partial charge is 0.438 e. The quantitative estimate of drug-likeness (QED) is 0.321. The van der Waals surface area contributed by atoms with Crippen LogP contribution < -0.4 is 9.47 Å². The van der Waals surface area contributed by atoms with Gasteiger partial charge in [0.15, 0.2) is 4.49 Å². The summed E-state index contributed by atoms with van der Waals surface area (Å²) in [4.78, 5) is 13.0. The zero-order valence-electron chi connectivity index (χ0n) is 15.8. The van der Waals surface area contributed by atoms with Gasteiger partial charge in [-0.05, 0) is 38.1 Å². The molecule has 2 aromatic carbocycles. The number of para-hydroxylation sites is 2. The first kappa shape index (κ1) is 23.3. The zero-order chi connectivity index (χ0) is 21.3. The number of nitrogens with zero attached hydrogens (tertiary/aromatic N) is 1. The van der Waals surface area contributed by atoms with Crippen molar-refractivity contribution < 1.29 is 27.9 Å². The maximum Gasteiger partial charge on any atom is 0.447 e. The lowest BCUT2D eigenvalue weighted by molar-refractivity contribution is 0.136. The van der Waals surface area contributed by atoms with Gasteiger partial charge in [0.05, 0.1) is 13.2 Å². The average Bonchev–Trinajstić information content (AvgIpc) is 2.69. The van der Waals surface area contributed by atoms with Gasteiger partial charge in [-0.15, -0.1) is 4.67 Å². The standard InChI is InChI=1S/C19H20Cl2NO6P/c1-3-25-29(24,26-4-2)22(19(23)28-16-13-9-6-10-14-16)18(17(20)21)27-15-11-7-5-8-12-15/h5-14H,3-4H2,1-2H3. The summed E-state index contributed by atoms with van der Waals surface area (Å²) in [5.41, 5.74) is 0. The minimum atomic E-state index is -4.26. The highest BCUT2D eigenvalue weighted by molar-refractivity contribution is 7.52. The molecule has 0 aliphatic rings. The van der Waals surface area contributed by atoms with Crippen LogP contribution in [0.5, 0.6) is 11.5 Å². The van der Waals surface area contributed by atoms with Gasteiger partial charge in [-0.3, -0.25) is 9.05 Å². The van der Waals surface area contributed by atoms with Crippen LogP contribution >= 0.6 is 30.9 Å². The van der Waals surface area contributed by atoms with Gasteiger partial charge in [0, 0.05) is 0 Å². The van der Waals surface area contributed by atoms with Crippen LogP contribution in [0.15, 0.2) is 71.0 Å². The third kappa shape index (κ3) is 6.49. The minimum absolute atomic E-state index is 0.0229. The van der Waals surface area contributed by atoms with Gasteiger partial charge < -0.3 is 9.47 Å². The van der Waals surface area contributed by atoms with Crippen molar-refractivity contribution in [2.75, 3.05) is 13.2 Å². The Balaban J connectivity index is 2.49. The second-order valence-corrected chi connectivity index (χ2v) is 8.08. The van der Waals surface area contributed by atoms with E-state index in [-0.39, 0.29) is 19.0 Å². The molecule has 0 aliphatic carbocycles. The van der Waals surface area contributed by atoms with E-state index in [1.54, 1.807) is 74.5 Å². The normalized spacial score (nSPS) is 10.9. The fourth-order valence-electron chi connectivity index (χ4n) is 2.17. The molecule has 0 aliphatic heterocycles. The fraction of sp³-hybridized carbons (Fsp3) is 0.211. The highest BCUT2D eigenvalue weighted by Crippen LogP contribution is 2.55. The lowest BCUT2D eigenvalue weighted by atomic mass is 10.3. The molecule has 0 N–H and O–H groups in total. The summed E-state index contributed by atoms with van der Waals surface area (Å²) in [6.45, 7) is 3.14. The molecule has 29 heavy (non-hydrogen) atoms. The van der Waals surface area contributed by atoms with Crippen molar-refractivity contribution in [1.82, 2.24) is 4.67 Å². The zero-order valence-corrected chi connectivity index (χ0v) is 18.2. The Morgan fingerprint density at radius 2 is 1.31 bits per heavy atom. The predicted octanol–water partition coefficient (Wildman–Crippen LogP) is 6.35. The van der Waals surface area contributed by atoms with Crippen molar-refractivity contribution in [3.63, 3.8) is 0 Å². The average molecular weight is 460 g/mol. The summed E-state index contributed by atoms with van der Waals surface area (Å²) in [6, 6.07) is 16.6. The molecule has 156 valence electrons. The maximum atomic E-state index is 13.4. The highest BCUT2D eigenvalue weighted by Gasteiger charge is 2.44. The summed E-state index contributed by atoms with van der Waals surface area (Å²) in [6.07, 6.45) is -1.11. The SMILES string of the molecule is CCOP(=O)(OCC)N(C(=O)Oc1ccccc1)C(Oc1ccccc1)=C(Cl)Cl. The Kier molecular flexibility index (Phi) is 9.01. The van der Waals surface area contributed by atoms with E-state index in [1.807, 2.05) is 0 Å². The molecule has 10 heteroatoms. The number of carbonyl (C=O) groups excluding carboxylic acids is 1. The topological polar surface area (TPSA) is 74.3 Å². The van der Waals surface area contributed by atoms with Crippen LogP contribution in [-0.2, 0) is 13.6 Å². The van der Waals surface area contributed by atoms with Crippen LogP contribution in [0.1, 0.15) is 13.8 Å². The van der Waals surface area contributed by atoms with E-state index in [2.05, 4.69) is 0 Å². The molecule has 0 spiro atoms. The van der Waals surface area contributed by atoms with Crippen molar-refractivity contribution in [3.05, 3.63) is 71.0 Å². The Bertz CT molecular complexity index is 865. The molecule has 0 radical (unpaired) electrons. The van der Waals surface area contributed by atoms with Crippen molar-refractivity contribution in [2.45, 2.75) is 13.8 Å². The Morgan fingerprint density at radius 1 is 0.862 bits per heavy atom. The molecule has 0 bridgehead atoms. The molecular weight excluding hydrogens is 440 g/mol. The summed E-state index contributed by atoms with van der Waals surface area (Å²) in [5, 5.41) is 0. The van der Waals surface area contributed by atoms with E-state index in [0.29, 0.717) is 10.4 Å². The number of benzene rings is 2. The van der Waals surface area contributed by atoms with Crippen LogP contribution in [0.4, 0.5) is 4.79 Å². The van der Waals surface area contributed by atoms with Gasteiger partial charge in [-0.2, -0.15) is 0 Å². The van der Waals surface area contributed by atoms with E-state index in [1.165, 1.54) is 0 Å². The highest BCUT2D eigenvalue weighted by atomic mass is 35.5. The maximum absolute atomic E-state index is 13.4. The predicted molar refractivity (Wildman–Crippen MR) is 111 cm³/mol. The molecule has 1 amide bonds. The van der Waals surface area contributed by atoms with Crippen LogP contribution in [0, 0.1) is 0 Å². The lowest BCUT2D eigenvalue weighted by Gasteiger charge is -2.29. The Morgan fingerprint density at radius 3 is 1.72 bits per heavy atom. The van der Waals surface area contributed by atoms with E-state index >= 15 is 0 Å². The van der Waals surface area contributed by atoms with Gasteiger partial charge in [0.1, 0.15) is 11.5 Å². The first-order chi connectivity index (χ1) is 13.9. The number of rotatable bonds is 9. The Labute approximate surface area is 179 Å². The van der Waals surface area contributed by atoms with Crippen molar-refractivity contribution in [3.8, 4) is 11.5 Å². The van der Waals surface area contributed by atoms with Crippen LogP contribution in [0.3, 0.4) is 0 Å². The largest absolute Gasteiger partial charge is 0.447 e. The van der Waals surface area contributed by atoms with E-state index in [9.17, 15) is 9.36 Å². The molecule has 0 aromatic heterocycles. The van der Waals surface area contributed by atoms with Crippen molar-refractivity contribution >= 4 is 37.0 Å². The first-order valence-corrected chi connectivity index (χ1v) is 10.9. The third-order valence-corrected chi connectivity index (χ3v) is 5.59. The molecule has 0 atom stereocenters. The van der Waals surface area contributed by atoms with Gasteiger partial charge >= 0.3 is 13.8 Å². The number of amides is 1. The second-order valence-electron chi connectivity index (χ2n) is 5.28. The number of ether oxygens (including phenoxy) is 2. The molecular formula is C19H20Cl2NO6P.